The second-order valence-electron chi connectivity index (χ2n) is 6.66. The number of hydrogen-bond acceptors (Lipinski definition) is 4. The number of para-hydroxylation sites is 2. The lowest BCUT2D eigenvalue weighted by Gasteiger charge is -2.20. The van der Waals surface area contributed by atoms with E-state index >= 15 is 0 Å². The molecule has 132 valence electrons. The number of benzene rings is 2. The van der Waals surface area contributed by atoms with Crippen LogP contribution in [0, 0.1) is 0 Å². The van der Waals surface area contributed by atoms with Gasteiger partial charge in [0.05, 0.1) is 23.3 Å². The normalized spacial score (nSPS) is 19.2. The number of fused-ring (bicyclic) bond motifs is 1. The molecule has 1 aromatic heterocycles. The number of carbonyl (C=O) groups excluding carboxylic acids is 1. The lowest BCUT2D eigenvalue weighted by molar-refractivity contribution is -0.141. The van der Waals surface area contributed by atoms with Crippen molar-refractivity contribution in [1.29, 1.82) is 0 Å². The average Bonchev–Trinajstić information content (AvgIpc) is 3.22. The number of hydrogen-bond donors (Lipinski definition) is 1. The van der Waals surface area contributed by atoms with Gasteiger partial charge in [-0.1, -0.05) is 47.6 Å². The van der Waals surface area contributed by atoms with Crippen molar-refractivity contribution in [3.63, 3.8) is 0 Å². The SMILES string of the molecule is Cn1c(CNC(=O)[C@@]2(C)CC(c3ccccc3)=NO2)nc2ccccc21. The second kappa shape index (κ2) is 6.29. The van der Waals surface area contributed by atoms with Crippen LogP contribution in [0.15, 0.2) is 59.8 Å². The van der Waals surface area contributed by atoms with E-state index in [2.05, 4.69) is 15.5 Å². The van der Waals surface area contributed by atoms with E-state index in [1.807, 2.05) is 66.2 Å². The molecule has 6 nitrogen and oxygen atoms in total. The number of aryl methyl sites for hydroxylation is 1. The Bertz CT molecular complexity index is 993. The summed E-state index contributed by atoms with van der Waals surface area (Å²) in [6.45, 7) is 2.10. The van der Waals surface area contributed by atoms with Gasteiger partial charge in [-0.05, 0) is 24.6 Å². The lowest BCUT2D eigenvalue weighted by Crippen LogP contribution is -2.44. The minimum absolute atomic E-state index is 0.195. The fourth-order valence-corrected chi connectivity index (χ4v) is 3.15. The first-order valence-electron chi connectivity index (χ1n) is 8.56. The third-order valence-corrected chi connectivity index (χ3v) is 4.74. The van der Waals surface area contributed by atoms with Gasteiger partial charge < -0.3 is 14.7 Å². The van der Waals surface area contributed by atoms with Crippen molar-refractivity contribution in [1.82, 2.24) is 14.9 Å². The summed E-state index contributed by atoms with van der Waals surface area (Å²) in [4.78, 5) is 22.8. The molecule has 2 heterocycles. The number of imidazole rings is 1. The Hall–Kier alpha value is -3.15. The lowest BCUT2D eigenvalue weighted by atomic mass is 9.95. The van der Waals surface area contributed by atoms with Gasteiger partial charge in [0.2, 0.25) is 5.60 Å². The van der Waals surface area contributed by atoms with Gasteiger partial charge in [-0.25, -0.2) is 4.98 Å². The Morgan fingerprint density at radius 1 is 1.19 bits per heavy atom. The zero-order valence-electron chi connectivity index (χ0n) is 14.8. The van der Waals surface area contributed by atoms with Crippen molar-refractivity contribution in [2.24, 2.45) is 12.2 Å². The van der Waals surface area contributed by atoms with Gasteiger partial charge in [0.25, 0.3) is 5.91 Å². The van der Waals surface area contributed by atoms with Crippen LogP contribution in [0.5, 0.6) is 0 Å². The number of nitrogens with zero attached hydrogens (tertiary/aromatic N) is 3. The summed E-state index contributed by atoms with van der Waals surface area (Å²) >= 11 is 0. The molecule has 0 unspecified atom stereocenters. The summed E-state index contributed by atoms with van der Waals surface area (Å²) in [5.74, 6) is 0.601. The van der Waals surface area contributed by atoms with Gasteiger partial charge in [-0.2, -0.15) is 0 Å². The Morgan fingerprint density at radius 2 is 1.92 bits per heavy atom. The average molecular weight is 348 g/mol. The predicted octanol–water partition coefficient (Wildman–Crippen LogP) is 2.77. The fourth-order valence-electron chi connectivity index (χ4n) is 3.15. The molecular formula is C20H20N4O2. The van der Waals surface area contributed by atoms with Crippen LogP contribution in [0.2, 0.25) is 0 Å². The van der Waals surface area contributed by atoms with E-state index in [-0.39, 0.29) is 5.91 Å². The topological polar surface area (TPSA) is 68.5 Å². The Morgan fingerprint density at radius 3 is 2.69 bits per heavy atom. The fraction of sp³-hybridized carbons (Fsp3) is 0.250. The zero-order chi connectivity index (χ0) is 18.1. The standard InChI is InChI=1S/C20H20N4O2/c1-20(12-16(23-26-20)14-8-4-3-5-9-14)19(25)21-13-18-22-15-10-6-7-11-17(15)24(18)2/h3-11H,12-13H2,1-2H3,(H,21,25)/t20-/m1/s1. The number of aromatic nitrogens is 2. The quantitative estimate of drug-likeness (QED) is 0.788. The number of carbonyl (C=O) groups is 1. The van der Waals surface area contributed by atoms with Gasteiger partial charge in [-0.3, -0.25) is 4.79 Å². The van der Waals surface area contributed by atoms with Crippen LogP contribution in [-0.4, -0.2) is 26.8 Å². The molecule has 4 rings (SSSR count). The third-order valence-electron chi connectivity index (χ3n) is 4.74. The summed E-state index contributed by atoms with van der Waals surface area (Å²) in [6, 6.07) is 17.7. The largest absolute Gasteiger partial charge is 0.379 e. The van der Waals surface area contributed by atoms with Crippen molar-refractivity contribution < 1.29 is 9.63 Å². The van der Waals surface area contributed by atoms with Crippen LogP contribution < -0.4 is 5.32 Å². The Balaban J connectivity index is 1.44. The Kier molecular flexibility index (Phi) is 3.95. The molecule has 0 bridgehead atoms. The maximum Gasteiger partial charge on any atom is 0.267 e. The smallest absolute Gasteiger partial charge is 0.267 e. The molecule has 1 aliphatic rings. The van der Waals surface area contributed by atoms with E-state index in [0.29, 0.717) is 13.0 Å². The molecule has 1 amide bonds. The van der Waals surface area contributed by atoms with Crippen molar-refractivity contribution in [3.05, 3.63) is 66.0 Å². The summed E-state index contributed by atoms with van der Waals surface area (Å²) in [5, 5.41) is 7.06. The highest BCUT2D eigenvalue weighted by atomic mass is 16.7. The van der Waals surface area contributed by atoms with E-state index in [4.69, 9.17) is 4.84 Å². The minimum atomic E-state index is -1.00. The molecule has 0 fully saturated rings. The van der Waals surface area contributed by atoms with Gasteiger partial charge in [0.1, 0.15) is 5.82 Å². The van der Waals surface area contributed by atoms with Crippen LogP contribution in [-0.2, 0) is 23.2 Å². The summed E-state index contributed by atoms with van der Waals surface area (Å²) in [7, 11) is 1.95. The number of amides is 1. The highest BCUT2D eigenvalue weighted by Gasteiger charge is 2.42. The van der Waals surface area contributed by atoms with Crippen LogP contribution in [0.1, 0.15) is 24.7 Å². The molecule has 0 saturated carbocycles. The number of rotatable bonds is 4. The molecule has 2 aromatic carbocycles. The van der Waals surface area contributed by atoms with Crippen LogP contribution in [0.4, 0.5) is 0 Å². The van der Waals surface area contributed by atoms with Gasteiger partial charge in [0.15, 0.2) is 0 Å². The molecule has 0 radical (unpaired) electrons. The molecule has 3 aromatic rings. The number of nitrogens with one attached hydrogen (secondary N) is 1. The van der Waals surface area contributed by atoms with Gasteiger partial charge in [-0.15, -0.1) is 0 Å². The van der Waals surface area contributed by atoms with E-state index in [0.717, 1.165) is 28.1 Å². The maximum absolute atomic E-state index is 12.7. The van der Waals surface area contributed by atoms with Crippen LogP contribution in [0.3, 0.4) is 0 Å². The first-order chi connectivity index (χ1) is 12.6. The van der Waals surface area contributed by atoms with Gasteiger partial charge in [0, 0.05) is 13.5 Å². The highest BCUT2D eigenvalue weighted by molar-refractivity contribution is 6.05. The first-order valence-corrected chi connectivity index (χ1v) is 8.56. The molecule has 1 N–H and O–H groups in total. The molecule has 0 saturated heterocycles. The maximum atomic E-state index is 12.7. The molecule has 26 heavy (non-hydrogen) atoms. The third kappa shape index (κ3) is 2.83. The summed E-state index contributed by atoms with van der Waals surface area (Å²) < 4.78 is 1.99. The van der Waals surface area contributed by atoms with Gasteiger partial charge >= 0.3 is 0 Å². The monoisotopic (exact) mass is 348 g/mol. The van der Waals surface area contributed by atoms with Crippen molar-refractivity contribution in [3.8, 4) is 0 Å². The Labute approximate surface area is 151 Å². The number of oxime groups is 1. The van der Waals surface area contributed by atoms with Crippen molar-refractivity contribution in [2.45, 2.75) is 25.5 Å². The van der Waals surface area contributed by atoms with Crippen molar-refractivity contribution >= 4 is 22.7 Å². The summed E-state index contributed by atoms with van der Waals surface area (Å²) in [6.07, 6.45) is 0.436. The predicted molar refractivity (Wildman–Crippen MR) is 99.6 cm³/mol. The molecule has 0 aliphatic carbocycles. The van der Waals surface area contributed by atoms with E-state index in [1.165, 1.54) is 0 Å². The first kappa shape index (κ1) is 16.3. The highest BCUT2D eigenvalue weighted by Crippen LogP contribution is 2.27. The molecular weight excluding hydrogens is 328 g/mol. The summed E-state index contributed by atoms with van der Waals surface area (Å²) in [5.41, 5.74) is 2.70. The van der Waals surface area contributed by atoms with Crippen LogP contribution >= 0.6 is 0 Å². The van der Waals surface area contributed by atoms with Crippen molar-refractivity contribution in [2.75, 3.05) is 0 Å². The minimum Gasteiger partial charge on any atom is -0.379 e. The second-order valence-corrected chi connectivity index (χ2v) is 6.66. The van der Waals surface area contributed by atoms with E-state index in [9.17, 15) is 4.79 Å². The van der Waals surface area contributed by atoms with Crippen LogP contribution in [0.25, 0.3) is 11.0 Å². The molecule has 6 heteroatoms. The molecule has 1 aliphatic heterocycles. The zero-order valence-corrected chi connectivity index (χ0v) is 14.8. The van der Waals surface area contributed by atoms with E-state index < -0.39 is 5.60 Å². The molecule has 0 spiro atoms. The van der Waals surface area contributed by atoms with E-state index in [1.54, 1.807) is 6.92 Å². The molecule has 1 atom stereocenters.